The van der Waals surface area contributed by atoms with Crippen molar-refractivity contribution in [2.45, 2.75) is 400 Å². The van der Waals surface area contributed by atoms with Gasteiger partial charge in [0, 0.05) is 0 Å². The average molecular weight is 1150 g/mol. The second kappa shape index (κ2) is 54.9. The number of hydrogen-bond donors (Lipinski definition) is 4. The molecular formula is C78H156N4. The van der Waals surface area contributed by atoms with Crippen molar-refractivity contribution in [1.82, 2.24) is 5.32 Å². The van der Waals surface area contributed by atoms with Crippen molar-refractivity contribution in [1.29, 1.82) is 0 Å². The number of rotatable bonds is 60. The molecule has 11 atom stereocenters. The van der Waals surface area contributed by atoms with Crippen molar-refractivity contribution in [3.63, 3.8) is 0 Å². The van der Waals surface area contributed by atoms with Crippen LogP contribution in [0, 0.1) is 65.1 Å². The number of unbranched alkanes of at least 4 members (excludes halogenated alkanes) is 35. The van der Waals surface area contributed by atoms with Gasteiger partial charge in [0.2, 0.25) is 0 Å². The molecule has 0 saturated heterocycles. The molecule has 0 aromatic rings. The summed E-state index contributed by atoms with van der Waals surface area (Å²) < 4.78 is 0. The number of hydrogen-bond acceptors (Lipinski definition) is 4. The summed E-state index contributed by atoms with van der Waals surface area (Å²) in [6.07, 6.45) is 84.4. The van der Waals surface area contributed by atoms with Crippen molar-refractivity contribution < 1.29 is 0 Å². The maximum atomic E-state index is 5.86. The Morgan fingerprint density at radius 2 is 0.512 bits per heavy atom. The van der Waals surface area contributed by atoms with E-state index >= 15 is 0 Å². The lowest BCUT2D eigenvalue weighted by atomic mass is 9.49. The highest BCUT2D eigenvalue weighted by Gasteiger charge is 2.50. The van der Waals surface area contributed by atoms with Gasteiger partial charge in [0.1, 0.15) is 0 Å². The van der Waals surface area contributed by atoms with Gasteiger partial charge in [-0.1, -0.05) is 310 Å². The largest absolute Gasteiger partial charge is 0.330 e. The molecule has 0 aromatic carbocycles. The Kier molecular flexibility index (Phi) is 51.0. The van der Waals surface area contributed by atoms with E-state index in [1.165, 1.54) is 328 Å². The van der Waals surface area contributed by atoms with Crippen LogP contribution in [-0.2, 0) is 0 Å². The van der Waals surface area contributed by atoms with Crippen LogP contribution < -0.4 is 22.5 Å². The van der Waals surface area contributed by atoms with E-state index < -0.39 is 0 Å². The minimum Gasteiger partial charge on any atom is -0.330 e. The zero-order valence-corrected chi connectivity index (χ0v) is 57.1. The summed E-state index contributed by atoms with van der Waals surface area (Å²) in [7, 11) is 0. The van der Waals surface area contributed by atoms with E-state index in [0.29, 0.717) is 0 Å². The molecule has 3 fully saturated rings. The van der Waals surface area contributed by atoms with Gasteiger partial charge in [0.05, 0.1) is 0 Å². The highest BCUT2D eigenvalue weighted by Crippen LogP contribution is 2.58. The Balaban J connectivity index is 1.44. The maximum Gasteiger partial charge on any atom is -0.00489 e. The van der Waals surface area contributed by atoms with Crippen LogP contribution in [0.3, 0.4) is 0 Å². The van der Waals surface area contributed by atoms with Crippen LogP contribution in [-0.4, -0.2) is 32.7 Å². The second-order valence-electron chi connectivity index (χ2n) is 29.4. The first-order valence-corrected chi connectivity index (χ1v) is 39.4. The van der Waals surface area contributed by atoms with E-state index in [4.69, 9.17) is 17.2 Å². The predicted molar refractivity (Wildman–Crippen MR) is 369 cm³/mol. The third kappa shape index (κ3) is 35.1. The van der Waals surface area contributed by atoms with Crippen molar-refractivity contribution in [3.05, 3.63) is 0 Å². The second-order valence-corrected chi connectivity index (χ2v) is 29.4. The molecule has 0 spiro atoms. The molecule has 4 nitrogen and oxygen atoms in total. The first kappa shape index (κ1) is 76.1. The zero-order valence-electron chi connectivity index (χ0n) is 57.1. The Hall–Kier alpha value is -0.160. The summed E-state index contributed by atoms with van der Waals surface area (Å²) >= 11 is 0. The maximum absolute atomic E-state index is 5.86. The highest BCUT2D eigenvalue weighted by molar-refractivity contribution is 4.99. The summed E-state index contributed by atoms with van der Waals surface area (Å²) in [4.78, 5) is 0. The van der Waals surface area contributed by atoms with E-state index in [0.717, 1.165) is 84.7 Å². The normalized spacial score (nSPS) is 24.8. The molecule has 11 unspecified atom stereocenters. The molecule has 0 heterocycles. The minimum absolute atomic E-state index is 0.870. The molecule has 3 aliphatic rings. The van der Waals surface area contributed by atoms with E-state index in [-0.39, 0.29) is 0 Å². The molecule has 7 N–H and O–H groups in total. The fourth-order valence-corrected chi connectivity index (χ4v) is 18.3. The Morgan fingerprint density at radius 3 is 0.939 bits per heavy atom. The first-order chi connectivity index (χ1) is 40.6. The number of nitrogens with two attached hydrogens (primary N) is 3. The fourth-order valence-electron chi connectivity index (χ4n) is 18.3. The monoisotopic (exact) mass is 1150 g/mol. The third-order valence-corrected chi connectivity index (χ3v) is 22.9. The zero-order chi connectivity index (χ0) is 58.6. The van der Waals surface area contributed by atoms with Crippen LogP contribution in [0.25, 0.3) is 0 Å². The van der Waals surface area contributed by atoms with Gasteiger partial charge in [-0.15, -0.1) is 0 Å². The molecule has 0 radical (unpaired) electrons. The van der Waals surface area contributed by atoms with Crippen LogP contribution in [0.1, 0.15) is 400 Å². The van der Waals surface area contributed by atoms with Crippen molar-refractivity contribution in [3.8, 4) is 0 Å². The van der Waals surface area contributed by atoms with Crippen molar-refractivity contribution in [2.24, 2.45) is 82.3 Å². The number of nitrogens with one attached hydrogen (secondary N) is 1. The van der Waals surface area contributed by atoms with Gasteiger partial charge in [-0.2, -0.15) is 0 Å². The lowest BCUT2D eigenvalue weighted by molar-refractivity contribution is -0.0660. The summed E-state index contributed by atoms with van der Waals surface area (Å²) in [5.41, 5.74) is 17.5. The molecule has 488 valence electrons. The first-order valence-electron chi connectivity index (χ1n) is 39.4. The van der Waals surface area contributed by atoms with Gasteiger partial charge in [-0.05, 0) is 188 Å². The van der Waals surface area contributed by atoms with Gasteiger partial charge in [-0.25, -0.2) is 0 Å². The fraction of sp³-hybridized carbons (Fsp3) is 1.00. The molecule has 4 heteroatoms. The van der Waals surface area contributed by atoms with Gasteiger partial charge >= 0.3 is 0 Å². The van der Waals surface area contributed by atoms with Crippen LogP contribution in [0.5, 0.6) is 0 Å². The van der Waals surface area contributed by atoms with E-state index in [1.54, 1.807) is 57.8 Å². The lowest BCUT2D eigenvalue weighted by Gasteiger charge is -2.56. The molecular weight excluding hydrogens is 993 g/mol. The van der Waals surface area contributed by atoms with Gasteiger partial charge in [0.15, 0.2) is 0 Å². The molecule has 0 amide bonds. The van der Waals surface area contributed by atoms with Crippen LogP contribution in [0.4, 0.5) is 0 Å². The highest BCUT2D eigenvalue weighted by atomic mass is 14.8. The quantitative estimate of drug-likeness (QED) is 0.0457. The Labute approximate surface area is 517 Å². The van der Waals surface area contributed by atoms with Crippen LogP contribution in [0.2, 0.25) is 0 Å². The summed E-state index contributed by atoms with van der Waals surface area (Å²) in [6, 6.07) is 0. The number of fused-ring (bicyclic) bond motifs is 1. The van der Waals surface area contributed by atoms with Gasteiger partial charge in [-0.3, -0.25) is 0 Å². The molecule has 0 aromatic heterocycles. The molecule has 0 aliphatic heterocycles. The van der Waals surface area contributed by atoms with Gasteiger partial charge < -0.3 is 22.5 Å². The molecule has 82 heavy (non-hydrogen) atoms. The summed E-state index contributed by atoms with van der Waals surface area (Å²) in [5, 5.41) is 3.93. The Bertz CT molecular complexity index is 1300. The van der Waals surface area contributed by atoms with E-state index in [1.807, 2.05) is 0 Å². The third-order valence-electron chi connectivity index (χ3n) is 22.9. The molecule has 3 aliphatic carbocycles. The van der Waals surface area contributed by atoms with Crippen molar-refractivity contribution >= 4 is 0 Å². The Morgan fingerprint density at radius 1 is 0.244 bits per heavy atom. The minimum atomic E-state index is 0.870. The SMILES string of the molecule is CCCCCCCC1C(CCCCC)CCC(CCCCCCCCCCN)C1CCCCCCCCCNCCCCCC1CCC2C(CCCCCCCCN)C(CCCCCCCCN)CC(CCCCC)C2C1CCCCC. The van der Waals surface area contributed by atoms with Crippen LogP contribution >= 0.6 is 0 Å². The lowest BCUT2D eigenvalue weighted by Crippen LogP contribution is -2.48. The predicted octanol–water partition coefficient (Wildman–Crippen LogP) is 24.0. The van der Waals surface area contributed by atoms with Crippen LogP contribution in [0.15, 0.2) is 0 Å². The molecule has 3 saturated carbocycles. The van der Waals surface area contributed by atoms with Crippen molar-refractivity contribution in [2.75, 3.05) is 32.7 Å². The summed E-state index contributed by atoms with van der Waals surface area (Å²) in [5.74, 6) is 11.2. The van der Waals surface area contributed by atoms with E-state index in [9.17, 15) is 0 Å². The van der Waals surface area contributed by atoms with E-state index in [2.05, 4.69) is 33.0 Å². The molecule has 3 rings (SSSR count). The molecule has 0 bridgehead atoms. The smallest absolute Gasteiger partial charge is 0.00489 e. The standard InChI is InChI=1S/C78H156N4/c1-5-9-13-25-41-54-73-68(49-35-10-6-2)58-59-69(50-38-26-17-14-15-21-30-44-62-79)74(73)55-42-28-18-16-24-33-47-65-82-66-48-34-40-51-70-60-61-77-75(56-43-29-20-23-32-46-64-81)71(52-39-27-19-22-31-45-63-80)67-72(53-36-11-7-3)78(77)76(70)57-37-12-8-4/h68-78,82H,5-67,79-81H2,1-4H3. The van der Waals surface area contributed by atoms with Gasteiger partial charge in [0.25, 0.3) is 0 Å². The topological polar surface area (TPSA) is 90.1 Å². The average Bonchev–Trinajstić information content (AvgIpc) is 3.65. The summed E-state index contributed by atoms with van der Waals surface area (Å²) in [6.45, 7) is 14.8.